The second kappa shape index (κ2) is 16.2. The lowest BCUT2D eigenvalue weighted by Gasteiger charge is -2.25. The Morgan fingerprint density at radius 3 is 1.62 bits per heavy atom. The Bertz CT molecular complexity index is 1750. The molecule has 5 rings (SSSR count). The Kier molecular flexibility index (Phi) is 12.0. The fourth-order valence-electron chi connectivity index (χ4n) is 6.66. The predicted octanol–water partition coefficient (Wildman–Crippen LogP) is 5.96. The fraction of sp³-hybridized carbons (Fsp3) is 0.439. The third kappa shape index (κ3) is 10.8. The van der Waals surface area contributed by atoms with Crippen LogP contribution in [0.15, 0.2) is 73.1 Å². The molecule has 0 spiro atoms. The number of ether oxygens (including phenoxy) is 2. The molecule has 3 aromatic rings. The molecule has 0 saturated carbocycles. The molecule has 0 unspecified atom stereocenters. The summed E-state index contributed by atoms with van der Waals surface area (Å²) in [7, 11) is 0. The molecule has 4 atom stereocenters. The number of benzene rings is 2. The van der Waals surface area contributed by atoms with Gasteiger partial charge in [-0.3, -0.25) is 24.2 Å². The van der Waals surface area contributed by atoms with Crippen LogP contribution in [0, 0.1) is 0 Å². The van der Waals surface area contributed by atoms with E-state index in [-0.39, 0.29) is 47.9 Å². The van der Waals surface area contributed by atoms with Crippen molar-refractivity contribution in [2.75, 3.05) is 23.7 Å². The van der Waals surface area contributed by atoms with Crippen LogP contribution in [-0.2, 0) is 35.1 Å². The zero-order valence-corrected chi connectivity index (χ0v) is 31.2. The van der Waals surface area contributed by atoms with Gasteiger partial charge < -0.3 is 29.9 Å². The molecular formula is C41H51N5O6. The molecule has 3 heterocycles. The second-order valence-corrected chi connectivity index (χ2v) is 15.5. The van der Waals surface area contributed by atoms with Crippen LogP contribution in [0.1, 0.15) is 78.0 Å². The number of nitrogens with zero attached hydrogens (tertiary/aromatic N) is 3. The van der Waals surface area contributed by atoms with E-state index in [0.29, 0.717) is 37.3 Å². The Hall–Kier alpha value is -4.87. The number of carbonyl (C=O) groups is 4. The summed E-state index contributed by atoms with van der Waals surface area (Å²) in [6, 6.07) is 17.4. The highest BCUT2D eigenvalue weighted by molar-refractivity contribution is 5.98. The van der Waals surface area contributed by atoms with Gasteiger partial charge in [0.2, 0.25) is 23.6 Å². The number of likely N-dealkylation sites (tertiary alicyclic amines) is 2. The number of rotatable bonds is 10. The molecule has 52 heavy (non-hydrogen) atoms. The minimum atomic E-state index is -0.658. The maximum Gasteiger partial charge on any atom is 0.247 e. The number of hydrogen-bond donors (Lipinski definition) is 2. The molecule has 1 aromatic heterocycles. The van der Waals surface area contributed by atoms with E-state index in [0.717, 1.165) is 16.7 Å². The Morgan fingerprint density at radius 1 is 0.731 bits per heavy atom. The van der Waals surface area contributed by atoms with E-state index in [1.165, 1.54) is 6.92 Å². The van der Waals surface area contributed by atoms with Crippen molar-refractivity contribution in [1.29, 1.82) is 0 Å². The van der Waals surface area contributed by atoms with Gasteiger partial charge in [-0.25, -0.2) is 0 Å². The molecule has 0 aliphatic carbocycles. The predicted molar refractivity (Wildman–Crippen MR) is 202 cm³/mol. The highest BCUT2D eigenvalue weighted by atomic mass is 16.5. The average Bonchev–Trinajstić information content (AvgIpc) is 3.69. The summed E-state index contributed by atoms with van der Waals surface area (Å²) in [5.41, 5.74) is 3.15. The highest BCUT2D eigenvalue weighted by Crippen LogP contribution is 2.28. The van der Waals surface area contributed by atoms with Gasteiger partial charge in [0.15, 0.2) is 0 Å². The van der Waals surface area contributed by atoms with Crippen molar-refractivity contribution >= 4 is 47.2 Å². The van der Waals surface area contributed by atoms with E-state index >= 15 is 0 Å². The van der Waals surface area contributed by atoms with Crippen molar-refractivity contribution in [3.8, 4) is 0 Å². The zero-order chi connectivity index (χ0) is 37.6. The van der Waals surface area contributed by atoms with Crippen LogP contribution in [0.4, 0.5) is 11.4 Å². The first-order valence-electron chi connectivity index (χ1n) is 17.8. The molecule has 2 fully saturated rings. The van der Waals surface area contributed by atoms with Gasteiger partial charge in [-0.1, -0.05) is 42.5 Å². The van der Waals surface area contributed by atoms with Gasteiger partial charge in [0, 0.05) is 56.6 Å². The molecule has 2 aliphatic heterocycles. The Morgan fingerprint density at radius 2 is 1.19 bits per heavy atom. The quantitative estimate of drug-likeness (QED) is 0.249. The molecule has 4 amide bonds. The van der Waals surface area contributed by atoms with Gasteiger partial charge in [0.25, 0.3) is 0 Å². The van der Waals surface area contributed by atoms with Crippen LogP contribution in [-0.4, -0.2) is 87.0 Å². The van der Waals surface area contributed by atoms with Crippen molar-refractivity contribution in [2.45, 2.75) is 103 Å². The van der Waals surface area contributed by atoms with Crippen molar-refractivity contribution in [3.63, 3.8) is 0 Å². The Labute approximate surface area is 306 Å². The molecule has 2 N–H and O–H groups in total. The molecule has 2 aliphatic rings. The molecule has 11 nitrogen and oxygen atoms in total. The molecule has 11 heteroatoms. The zero-order valence-electron chi connectivity index (χ0n) is 31.2. The average molecular weight is 710 g/mol. The van der Waals surface area contributed by atoms with Crippen LogP contribution < -0.4 is 10.6 Å². The van der Waals surface area contributed by atoms with E-state index in [9.17, 15) is 19.2 Å². The Balaban J connectivity index is 1.16. The molecule has 276 valence electrons. The number of amides is 4. The van der Waals surface area contributed by atoms with E-state index in [4.69, 9.17) is 9.47 Å². The van der Waals surface area contributed by atoms with Crippen LogP contribution in [0.25, 0.3) is 12.2 Å². The molecular weight excluding hydrogens is 658 g/mol. The van der Waals surface area contributed by atoms with Crippen molar-refractivity contribution < 1.29 is 28.7 Å². The normalized spacial score (nSPS) is 20.7. The van der Waals surface area contributed by atoms with Crippen LogP contribution in [0.2, 0.25) is 0 Å². The van der Waals surface area contributed by atoms with Gasteiger partial charge in [-0.15, -0.1) is 0 Å². The molecule has 2 aromatic carbocycles. The van der Waals surface area contributed by atoms with Crippen molar-refractivity contribution in [3.05, 3.63) is 89.7 Å². The maximum atomic E-state index is 13.5. The SMILES string of the molecule is CC(=O)N1C[C@H](OC(C)(C)C)C[C@H]1C(=O)Nc1ccc(/C=C/c2ccc(NC(=O)[C@@H]3C[C@@H](OC(C)(C)C)CN3C(=O)Cc3cccnc3)cc2)cc1. The van der Waals surface area contributed by atoms with Crippen LogP contribution >= 0.6 is 0 Å². The lowest BCUT2D eigenvalue weighted by Crippen LogP contribution is -2.44. The van der Waals surface area contributed by atoms with Crippen molar-refractivity contribution in [2.24, 2.45) is 0 Å². The van der Waals surface area contributed by atoms with E-state index in [2.05, 4.69) is 15.6 Å². The lowest BCUT2D eigenvalue weighted by atomic mass is 10.1. The van der Waals surface area contributed by atoms with E-state index in [1.54, 1.807) is 28.3 Å². The molecule has 0 bridgehead atoms. The van der Waals surface area contributed by atoms with Crippen LogP contribution in [0.5, 0.6) is 0 Å². The summed E-state index contributed by atoms with van der Waals surface area (Å²) in [6.07, 6.45) is 7.82. The number of pyridine rings is 1. The summed E-state index contributed by atoms with van der Waals surface area (Å²) in [5.74, 6) is -0.784. The third-order valence-electron chi connectivity index (χ3n) is 8.80. The van der Waals surface area contributed by atoms with Crippen molar-refractivity contribution in [1.82, 2.24) is 14.8 Å². The fourth-order valence-corrected chi connectivity index (χ4v) is 6.66. The lowest BCUT2D eigenvalue weighted by molar-refractivity contribution is -0.136. The van der Waals surface area contributed by atoms with Crippen LogP contribution in [0.3, 0.4) is 0 Å². The standard InChI is InChI=1S/C41H51N5O6/c1-27(47)45-25-33(51-40(2,3)4)22-35(45)38(49)43-31-16-12-28(13-17-31)10-11-29-14-18-32(19-15-29)44-39(50)36-23-34(52-41(5,6)7)26-46(36)37(48)21-30-9-8-20-42-24-30/h8-20,24,33-36H,21-23,25-26H2,1-7H3,(H,43,49)(H,44,50)/b11-10+/t33-,34-,35+,36+/m1/s1. The number of nitrogens with one attached hydrogen (secondary N) is 2. The summed E-state index contributed by atoms with van der Waals surface area (Å²) in [5, 5.41) is 5.94. The molecule has 0 radical (unpaired) electrons. The summed E-state index contributed by atoms with van der Waals surface area (Å²) in [6.45, 7) is 14.0. The monoisotopic (exact) mass is 709 g/mol. The van der Waals surface area contributed by atoms with Gasteiger partial charge in [-0.2, -0.15) is 0 Å². The largest absolute Gasteiger partial charge is 0.371 e. The first-order valence-corrected chi connectivity index (χ1v) is 17.8. The molecule has 2 saturated heterocycles. The van der Waals surface area contributed by atoms with Gasteiger partial charge in [-0.05, 0) is 88.6 Å². The summed E-state index contributed by atoms with van der Waals surface area (Å²) >= 11 is 0. The first-order chi connectivity index (χ1) is 24.5. The van der Waals surface area contributed by atoms with Gasteiger partial charge in [0.1, 0.15) is 12.1 Å². The summed E-state index contributed by atoms with van der Waals surface area (Å²) in [4.78, 5) is 59.6. The first kappa shape index (κ1) is 38.4. The maximum absolute atomic E-state index is 13.5. The van der Waals surface area contributed by atoms with E-state index in [1.807, 2.05) is 108 Å². The number of aromatic nitrogens is 1. The second-order valence-electron chi connectivity index (χ2n) is 15.5. The third-order valence-corrected chi connectivity index (χ3v) is 8.80. The number of anilines is 2. The minimum absolute atomic E-state index is 0.141. The topological polar surface area (TPSA) is 130 Å². The number of hydrogen-bond acceptors (Lipinski definition) is 7. The van der Waals surface area contributed by atoms with Gasteiger partial charge in [0.05, 0.1) is 29.8 Å². The van der Waals surface area contributed by atoms with E-state index < -0.39 is 17.7 Å². The minimum Gasteiger partial charge on any atom is -0.371 e. The number of carbonyl (C=O) groups excluding carboxylic acids is 4. The summed E-state index contributed by atoms with van der Waals surface area (Å²) < 4.78 is 12.2. The van der Waals surface area contributed by atoms with Gasteiger partial charge >= 0.3 is 0 Å². The smallest absolute Gasteiger partial charge is 0.247 e. The highest BCUT2D eigenvalue weighted by Gasteiger charge is 2.42.